The van der Waals surface area contributed by atoms with Gasteiger partial charge in [0.1, 0.15) is 0 Å². The predicted molar refractivity (Wildman–Crippen MR) is 88.8 cm³/mol. The molecule has 1 amide bonds. The van der Waals surface area contributed by atoms with E-state index in [1.165, 1.54) is 18.6 Å². The van der Waals surface area contributed by atoms with E-state index in [1.807, 2.05) is 4.90 Å². The smallest absolute Gasteiger partial charge is 0.253 e. The van der Waals surface area contributed by atoms with Crippen LogP contribution in [0.5, 0.6) is 0 Å². The Morgan fingerprint density at radius 1 is 0.957 bits per heavy atom. The molecule has 1 aromatic carbocycles. The number of rotatable bonds is 4. The third kappa shape index (κ3) is 3.93. The van der Waals surface area contributed by atoms with Crippen molar-refractivity contribution in [3.8, 4) is 0 Å². The molecule has 0 bridgehead atoms. The van der Waals surface area contributed by atoms with Gasteiger partial charge in [-0.05, 0) is 56.4 Å². The minimum absolute atomic E-state index is 0.00241. The highest BCUT2D eigenvalue weighted by Crippen LogP contribution is 2.21. The number of piperidine rings is 1. The summed E-state index contributed by atoms with van der Waals surface area (Å²) < 4.78 is 27.5. The Kier molecular flexibility index (Phi) is 5.02. The molecular formula is C17H24N2O3S. The third-order valence-corrected chi connectivity index (χ3v) is 6.27. The van der Waals surface area contributed by atoms with Crippen LogP contribution in [0.15, 0.2) is 29.2 Å². The molecule has 5 nitrogen and oxygen atoms in total. The molecular weight excluding hydrogens is 312 g/mol. The molecule has 0 radical (unpaired) electrons. The van der Waals surface area contributed by atoms with Crippen LogP contribution < -0.4 is 4.72 Å². The highest BCUT2D eigenvalue weighted by atomic mass is 32.2. The topological polar surface area (TPSA) is 66.5 Å². The van der Waals surface area contributed by atoms with Gasteiger partial charge in [0.05, 0.1) is 4.90 Å². The van der Waals surface area contributed by atoms with E-state index in [0.29, 0.717) is 5.56 Å². The van der Waals surface area contributed by atoms with Crippen molar-refractivity contribution < 1.29 is 13.2 Å². The van der Waals surface area contributed by atoms with Gasteiger partial charge < -0.3 is 4.90 Å². The van der Waals surface area contributed by atoms with Crippen molar-refractivity contribution in [1.29, 1.82) is 0 Å². The number of amides is 1. The van der Waals surface area contributed by atoms with Crippen molar-refractivity contribution in [2.24, 2.45) is 0 Å². The van der Waals surface area contributed by atoms with Gasteiger partial charge in [0.25, 0.3) is 5.91 Å². The molecule has 2 aliphatic rings. The lowest BCUT2D eigenvalue weighted by atomic mass is 10.1. The molecule has 2 fully saturated rings. The number of nitrogens with one attached hydrogen (secondary N) is 1. The molecule has 0 unspecified atom stereocenters. The summed E-state index contributed by atoms with van der Waals surface area (Å²) >= 11 is 0. The Labute approximate surface area is 138 Å². The molecule has 1 heterocycles. The first-order chi connectivity index (χ1) is 11.1. The Morgan fingerprint density at radius 3 is 2.17 bits per heavy atom. The fourth-order valence-electron chi connectivity index (χ4n) is 3.39. The van der Waals surface area contributed by atoms with Crippen LogP contribution in [0, 0.1) is 0 Å². The fraction of sp³-hybridized carbons (Fsp3) is 0.588. The maximum absolute atomic E-state index is 12.4. The monoisotopic (exact) mass is 336 g/mol. The van der Waals surface area contributed by atoms with Crippen LogP contribution in [0.25, 0.3) is 0 Å². The van der Waals surface area contributed by atoms with Crippen LogP contribution in [0.4, 0.5) is 0 Å². The lowest BCUT2D eigenvalue weighted by Crippen LogP contribution is -2.35. The number of sulfonamides is 1. The van der Waals surface area contributed by atoms with E-state index in [-0.39, 0.29) is 16.8 Å². The number of hydrogen-bond donors (Lipinski definition) is 1. The number of hydrogen-bond acceptors (Lipinski definition) is 3. The van der Waals surface area contributed by atoms with E-state index in [1.54, 1.807) is 12.1 Å². The highest BCUT2D eigenvalue weighted by molar-refractivity contribution is 7.89. The van der Waals surface area contributed by atoms with Gasteiger partial charge in [0, 0.05) is 24.7 Å². The van der Waals surface area contributed by atoms with E-state index in [9.17, 15) is 13.2 Å². The molecule has 6 heteroatoms. The summed E-state index contributed by atoms with van der Waals surface area (Å²) in [7, 11) is -3.49. The number of carbonyl (C=O) groups excluding carboxylic acids is 1. The third-order valence-electron chi connectivity index (χ3n) is 4.73. The molecule has 1 aliphatic heterocycles. The van der Waals surface area contributed by atoms with Gasteiger partial charge in [-0.2, -0.15) is 0 Å². The molecule has 126 valence electrons. The molecule has 1 aromatic rings. The van der Waals surface area contributed by atoms with Gasteiger partial charge in [0.2, 0.25) is 10.0 Å². The highest BCUT2D eigenvalue weighted by Gasteiger charge is 2.23. The summed E-state index contributed by atoms with van der Waals surface area (Å²) in [6.45, 7) is 1.59. The number of carbonyl (C=O) groups is 1. The van der Waals surface area contributed by atoms with E-state index >= 15 is 0 Å². The Bertz CT molecular complexity index is 643. The second-order valence-corrected chi connectivity index (χ2v) is 8.19. The first kappa shape index (κ1) is 16.5. The number of nitrogens with zero attached hydrogens (tertiary/aromatic N) is 1. The van der Waals surface area contributed by atoms with Crippen LogP contribution in [-0.2, 0) is 10.0 Å². The molecule has 1 saturated carbocycles. The van der Waals surface area contributed by atoms with Gasteiger partial charge in [0.15, 0.2) is 0 Å². The minimum Gasteiger partial charge on any atom is -0.339 e. The number of benzene rings is 1. The second-order valence-electron chi connectivity index (χ2n) is 6.48. The predicted octanol–water partition coefficient (Wildman–Crippen LogP) is 2.53. The lowest BCUT2D eigenvalue weighted by Gasteiger charge is -2.26. The molecule has 1 aliphatic carbocycles. The van der Waals surface area contributed by atoms with E-state index in [0.717, 1.165) is 51.6 Å². The Morgan fingerprint density at radius 2 is 1.57 bits per heavy atom. The average molecular weight is 336 g/mol. The molecule has 1 N–H and O–H groups in total. The first-order valence-corrected chi connectivity index (χ1v) is 9.96. The summed E-state index contributed by atoms with van der Waals surface area (Å²) in [4.78, 5) is 14.5. The van der Waals surface area contributed by atoms with Crippen molar-refractivity contribution in [2.75, 3.05) is 13.1 Å². The molecule has 1 saturated heterocycles. The van der Waals surface area contributed by atoms with Crippen molar-refractivity contribution in [2.45, 2.75) is 55.9 Å². The van der Waals surface area contributed by atoms with Crippen LogP contribution in [0.3, 0.4) is 0 Å². The van der Waals surface area contributed by atoms with Gasteiger partial charge in [-0.25, -0.2) is 13.1 Å². The van der Waals surface area contributed by atoms with Crippen molar-refractivity contribution in [3.05, 3.63) is 29.8 Å². The molecule has 23 heavy (non-hydrogen) atoms. The van der Waals surface area contributed by atoms with E-state index < -0.39 is 10.0 Å². The standard InChI is InChI=1S/C17H24N2O3S/c20-17(19-12-4-1-5-13-19)14-8-10-16(11-9-14)23(21,22)18-15-6-2-3-7-15/h8-11,15,18H,1-7,12-13H2. The van der Waals surface area contributed by atoms with Crippen LogP contribution >= 0.6 is 0 Å². The van der Waals surface area contributed by atoms with E-state index in [2.05, 4.69) is 4.72 Å². The average Bonchev–Trinajstić information content (AvgIpc) is 3.07. The summed E-state index contributed by atoms with van der Waals surface area (Å²) in [6, 6.07) is 6.37. The van der Waals surface area contributed by atoms with Gasteiger partial charge in [-0.3, -0.25) is 4.79 Å². The summed E-state index contributed by atoms with van der Waals surface area (Å²) in [5.41, 5.74) is 0.562. The van der Waals surface area contributed by atoms with Crippen molar-refractivity contribution >= 4 is 15.9 Å². The van der Waals surface area contributed by atoms with Gasteiger partial charge >= 0.3 is 0 Å². The molecule has 3 rings (SSSR count). The normalized spacial score (nSPS) is 19.9. The zero-order valence-electron chi connectivity index (χ0n) is 13.3. The SMILES string of the molecule is O=C(c1ccc(S(=O)(=O)NC2CCCC2)cc1)N1CCCCC1. The van der Waals surface area contributed by atoms with Crippen molar-refractivity contribution in [3.63, 3.8) is 0 Å². The summed E-state index contributed by atoms with van der Waals surface area (Å²) in [5, 5.41) is 0. The largest absolute Gasteiger partial charge is 0.339 e. The first-order valence-electron chi connectivity index (χ1n) is 8.48. The minimum atomic E-state index is -3.49. The van der Waals surface area contributed by atoms with Crippen LogP contribution in [0.1, 0.15) is 55.3 Å². The fourth-order valence-corrected chi connectivity index (χ4v) is 4.69. The quantitative estimate of drug-likeness (QED) is 0.919. The van der Waals surface area contributed by atoms with E-state index in [4.69, 9.17) is 0 Å². The molecule has 0 spiro atoms. The van der Waals surface area contributed by atoms with Crippen molar-refractivity contribution in [1.82, 2.24) is 9.62 Å². The van der Waals surface area contributed by atoms with Gasteiger partial charge in [-0.15, -0.1) is 0 Å². The zero-order valence-corrected chi connectivity index (χ0v) is 14.1. The Balaban J connectivity index is 1.69. The Hall–Kier alpha value is -1.40. The molecule has 0 atom stereocenters. The summed E-state index contributed by atoms with van der Waals surface area (Å²) in [5.74, 6) is -0.00241. The number of likely N-dealkylation sites (tertiary alicyclic amines) is 1. The second kappa shape index (κ2) is 7.01. The molecule has 0 aromatic heterocycles. The van der Waals surface area contributed by atoms with Crippen LogP contribution in [-0.4, -0.2) is 38.4 Å². The van der Waals surface area contributed by atoms with Gasteiger partial charge in [-0.1, -0.05) is 12.8 Å². The van der Waals surface area contributed by atoms with Crippen LogP contribution in [0.2, 0.25) is 0 Å². The zero-order chi connectivity index (χ0) is 16.3. The maximum Gasteiger partial charge on any atom is 0.253 e. The summed E-state index contributed by atoms with van der Waals surface area (Å²) in [6.07, 6.45) is 7.24. The maximum atomic E-state index is 12.4. The lowest BCUT2D eigenvalue weighted by molar-refractivity contribution is 0.0724.